The Morgan fingerprint density at radius 2 is 2.08 bits per heavy atom. The van der Waals surface area contributed by atoms with Gasteiger partial charge in [-0.1, -0.05) is 18.2 Å². The first-order valence-corrected chi connectivity index (χ1v) is 3.73. The van der Waals surface area contributed by atoms with Crippen molar-refractivity contribution in [1.82, 2.24) is 0 Å². The van der Waals surface area contributed by atoms with E-state index in [1.807, 2.05) is 0 Å². The van der Waals surface area contributed by atoms with Crippen LogP contribution in [0.25, 0.3) is 0 Å². The summed E-state index contributed by atoms with van der Waals surface area (Å²) in [5.41, 5.74) is 5.74. The molecule has 0 saturated heterocycles. The highest BCUT2D eigenvalue weighted by atomic mass is 35.5. The number of nitrogens with two attached hydrogens (primary N) is 1. The minimum atomic E-state index is -0.951. The Bertz CT molecular complexity index is 301. The fourth-order valence-corrected chi connectivity index (χ4v) is 0.990. The number of aromatic hydroxyl groups is 1. The van der Waals surface area contributed by atoms with Gasteiger partial charge in [0.1, 0.15) is 11.8 Å². The van der Waals surface area contributed by atoms with Gasteiger partial charge in [0.15, 0.2) is 0 Å². The van der Waals surface area contributed by atoms with Crippen LogP contribution >= 0.6 is 11.6 Å². The molecule has 0 saturated carbocycles. The molecule has 64 valence electrons. The highest BCUT2D eigenvalue weighted by Crippen LogP contribution is 2.22. The Hall–Kier alpha value is -1.06. The SMILES string of the molecule is N[C@@H](C(=O)Cl)c1ccccc1O. The fraction of sp³-hybridized carbons (Fsp3) is 0.125. The van der Waals surface area contributed by atoms with Gasteiger partial charge in [-0.15, -0.1) is 0 Å². The third-order valence-corrected chi connectivity index (χ3v) is 1.75. The van der Waals surface area contributed by atoms with Crippen molar-refractivity contribution in [2.24, 2.45) is 5.73 Å². The number of carbonyl (C=O) groups is 1. The lowest BCUT2D eigenvalue weighted by Gasteiger charge is -2.07. The van der Waals surface area contributed by atoms with Crippen LogP contribution in [0.3, 0.4) is 0 Å². The van der Waals surface area contributed by atoms with Crippen molar-refractivity contribution in [3.8, 4) is 5.75 Å². The number of rotatable bonds is 2. The molecular weight excluding hydrogens is 178 g/mol. The van der Waals surface area contributed by atoms with E-state index >= 15 is 0 Å². The van der Waals surface area contributed by atoms with Crippen LogP contribution in [0.15, 0.2) is 24.3 Å². The molecule has 0 bridgehead atoms. The molecule has 1 atom stereocenters. The molecule has 0 aliphatic rings. The Labute approximate surface area is 74.8 Å². The maximum atomic E-state index is 10.6. The van der Waals surface area contributed by atoms with Gasteiger partial charge in [-0.3, -0.25) is 4.79 Å². The molecule has 0 aliphatic heterocycles. The molecule has 0 amide bonds. The predicted molar refractivity (Wildman–Crippen MR) is 45.9 cm³/mol. The van der Waals surface area contributed by atoms with Gasteiger partial charge >= 0.3 is 0 Å². The summed E-state index contributed by atoms with van der Waals surface area (Å²) >= 11 is 5.16. The van der Waals surface area contributed by atoms with Crippen LogP contribution in [0.5, 0.6) is 5.75 Å². The van der Waals surface area contributed by atoms with Gasteiger partial charge in [0.2, 0.25) is 5.24 Å². The normalized spacial score (nSPS) is 12.5. The summed E-state index contributed by atoms with van der Waals surface area (Å²) in [6.07, 6.45) is 0. The van der Waals surface area contributed by atoms with Crippen LogP contribution in [0.1, 0.15) is 11.6 Å². The Kier molecular flexibility index (Phi) is 2.68. The van der Waals surface area contributed by atoms with Crippen molar-refractivity contribution >= 4 is 16.8 Å². The van der Waals surface area contributed by atoms with Crippen LogP contribution in [0.2, 0.25) is 0 Å². The number of phenols is 1. The number of halogens is 1. The van der Waals surface area contributed by atoms with Gasteiger partial charge in [-0.2, -0.15) is 0 Å². The smallest absolute Gasteiger partial charge is 0.243 e. The van der Waals surface area contributed by atoms with Crippen LogP contribution in [-0.4, -0.2) is 10.3 Å². The summed E-state index contributed by atoms with van der Waals surface area (Å²) in [6, 6.07) is 5.38. The highest BCUT2D eigenvalue weighted by Gasteiger charge is 2.15. The Balaban J connectivity index is 3.02. The first-order chi connectivity index (χ1) is 5.63. The van der Waals surface area contributed by atoms with Gasteiger partial charge in [-0.05, 0) is 17.7 Å². The number of hydrogen-bond acceptors (Lipinski definition) is 3. The third kappa shape index (κ3) is 1.75. The lowest BCUT2D eigenvalue weighted by molar-refractivity contribution is -0.112. The van der Waals surface area contributed by atoms with Crippen LogP contribution in [0.4, 0.5) is 0 Å². The van der Waals surface area contributed by atoms with E-state index in [0.717, 1.165) is 0 Å². The third-order valence-electron chi connectivity index (χ3n) is 1.52. The molecule has 4 heteroatoms. The topological polar surface area (TPSA) is 63.3 Å². The predicted octanol–water partition coefficient (Wildman–Crippen LogP) is 1.16. The molecule has 0 heterocycles. The average Bonchev–Trinajstić information content (AvgIpc) is 2.04. The molecule has 0 fully saturated rings. The van der Waals surface area contributed by atoms with E-state index < -0.39 is 11.3 Å². The maximum Gasteiger partial charge on any atom is 0.243 e. The average molecular weight is 186 g/mol. The van der Waals surface area contributed by atoms with Crippen molar-refractivity contribution in [1.29, 1.82) is 0 Å². The number of carbonyl (C=O) groups excluding carboxylic acids is 1. The largest absolute Gasteiger partial charge is 0.508 e. The summed E-state index contributed by atoms with van der Waals surface area (Å²) in [5.74, 6) is -0.0148. The fourth-order valence-electron chi connectivity index (χ4n) is 0.873. The van der Waals surface area contributed by atoms with E-state index in [4.69, 9.17) is 17.3 Å². The van der Waals surface area contributed by atoms with E-state index in [2.05, 4.69) is 0 Å². The van der Waals surface area contributed by atoms with Gasteiger partial charge in [-0.25, -0.2) is 0 Å². The zero-order valence-electron chi connectivity index (χ0n) is 6.20. The standard InChI is InChI=1S/C8H8ClNO2/c9-8(12)7(10)5-3-1-2-4-6(5)11/h1-4,7,11H,10H2/t7-/m1/s1. The van der Waals surface area contributed by atoms with E-state index in [1.165, 1.54) is 6.07 Å². The quantitative estimate of drug-likeness (QED) is 0.680. The second kappa shape index (κ2) is 3.56. The first-order valence-electron chi connectivity index (χ1n) is 3.35. The van der Waals surface area contributed by atoms with Gasteiger partial charge in [0.05, 0.1) is 0 Å². The summed E-state index contributed by atoms with van der Waals surface area (Å²) in [7, 11) is 0. The van der Waals surface area contributed by atoms with Gasteiger partial charge in [0.25, 0.3) is 0 Å². The second-order valence-corrected chi connectivity index (χ2v) is 2.71. The zero-order chi connectivity index (χ0) is 9.14. The Morgan fingerprint density at radius 1 is 1.50 bits per heavy atom. The van der Waals surface area contributed by atoms with Crippen molar-refractivity contribution in [3.63, 3.8) is 0 Å². The maximum absolute atomic E-state index is 10.6. The zero-order valence-corrected chi connectivity index (χ0v) is 6.95. The van der Waals surface area contributed by atoms with Crippen molar-refractivity contribution in [2.75, 3.05) is 0 Å². The highest BCUT2D eigenvalue weighted by molar-refractivity contribution is 6.64. The monoisotopic (exact) mass is 185 g/mol. The van der Waals surface area contributed by atoms with E-state index in [9.17, 15) is 9.90 Å². The molecule has 12 heavy (non-hydrogen) atoms. The lowest BCUT2D eigenvalue weighted by Crippen LogP contribution is -2.16. The summed E-state index contributed by atoms with van der Waals surface area (Å²) < 4.78 is 0. The molecule has 0 spiro atoms. The molecule has 0 aliphatic carbocycles. The van der Waals surface area contributed by atoms with E-state index in [-0.39, 0.29) is 5.75 Å². The molecule has 3 N–H and O–H groups in total. The first kappa shape index (κ1) is 9.03. The second-order valence-electron chi connectivity index (χ2n) is 2.34. The van der Waals surface area contributed by atoms with Crippen LogP contribution < -0.4 is 5.73 Å². The number of phenolic OH excluding ortho intramolecular Hbond substituents is 1. The molecule has 0 unspecified atom stereocenters. The molecule has 1 aromatic carbocycles. The summed E-state index contributed by atoms with van der Waals surface area (Å²) in [4.78, 5) is 10.6. The minimum Gasteiger partial charge on any atom is -0.508 e. The number of benzene rings is 1. The summed E-state index contributed by atoms with van der Waals surface area (Å²) in [5, 5.41) is 8.56. The minimum absolute atomic E-state index is 0.0148. The molecular formula is C8H8ClNO2. The van der Waals surface area contributed by atoms with Crippen LogP contribution in [-0.2, 0) is 4.79 Å². The number of hydrogen-bond donors (Lipinski definition) is 2. The summed E-state index contributed by atoms with van der Waals surface area (Å²) in [6.45, 7) is 0. The van der Waals surface area contributed by atoms with Crippen molar-refractivity contribution < 1.29 is 9.90 Å². The molecule has 1 aromatic rings. The van der Waals surface area contributed by atoms with Gasteiger partial charge < -0.3 is 10.8 Å². The number of para-hydroxylation sites is 1. The molecule has 3 nitrogen and oxygen atoms in total. The lowest BCUT2D eigenvalue weighted by atomic mass is 10.1. The van der Waals surface area contributed by atoms with Gasteiger partial charge in [0, 0.05) is 5.56 Å². The molecule has 1 rings (SSSR count). The molecule has 0 aromatic heterocycles. The van der Waals surface area contributed by atoms with Crippen molar-refractivity contribution in [2.45, 2.75) is 6.04 Å². The van der Waals surface area contributed by atoms with Crippen molar-refractivity contribution in [3.05, 3.63) is 29.8 Å². The van der Waals surface area contributed by atoms with E-state index in [0.29, 0.717) is 5.56 Å². The van der Waals surface area contributed by atoms with E-state index in [1.54, 1.807) is 18.2 Å². The molecule has 0 radical (unpaired) electrons. The van der Waals surface area contributed by atoms with Crippen LogP contribution in [0, 0.1) is 0 Å². The Morgan fingerprint density at radius 3 is 2.58 bits per heavy atom.